The molecule has 0 bridgehead atoms. The molecule has 1 aromatic heterocycles. The summed E-state index contributed by atoms with van der Waals surface area (Å²) in [5.41, 5.74) is 2.36. The van der Waals surface area contributed by atoms with Gasteiger partial charge in [0.05, 0.1) is 6.10 Å². The largest absolute Gasteiger partial charge is 0.379 e. The first-order valence-electron chi connectivity index (χ1n) is 7.43. The van der Waals surface area contributed by atoms with Gasteiger partial charge in [0.15, 0.2) is 0 Å². The minimum atomic E-state index is -0.258. The molecule has 112 valence electrons. The number of benzene rings is 1. The fraction of sp³-hybridized carbons (Fsp3) is 0.471. The number of fused-ring (bicyclic) bond motifs is 1. The Labute approximate surface area is 124 Å². The van der Waals surface area contributed by atoms with Gasteiger partial charge in [-0.2, -0.15) is 0 Å². The van der Waals surface area contributed by atoms with E-state index < -0.39 is 0 Å². The lowest BCUT2D eigenvalue weighted by Crippen LogP contribution is -2.44. The number of hydrogen-bond acceptors (Lipinski definition) is 3. The fourth-order valence-corrected chi connectivity index (χ4v) is 3.14. The highest BCUT2D eigenvalue weighted by Gasteiger charge is 2.27. The van der Waals surface area contributed by atoms with Gasteiger partial charge in [0, 0.05) is 37.0 Å². The molecule has 1 saturated heterocycles. The second-order valence-electron chi connectivity index (χ2n) is 5.90. The van der Waals surface area contributed by atoms with Crippen molar-refractivity contribution in [1.82, 2.24) is 4.98 Å². The van der Waals surface area contributed by atoms with Crippen LogP contribution in [0.4, 0.5) is 10.1 Å². The number of pyridine rings is 1. The number of nitrogens with zero attached hydrogens (tertiary/aromatic N) is 2. The zero-order valence-corrected chi connectivity index (χ0v) is 12.8. The Bertz CT molecular complexity index is 659. The molecular formula is C17H21FN2O. The Balaban J connectivity index is 2.06. The maximum Gasteiger partial charge on any atom is 0.149 e. The molecule has 21 heavy (non-hydrogen) atoms. The topological polar surface area (TPSA) is 25.4 Å². The van der Waals surface area contributed by atoms with Gasteiger partial charge in [0.1, 0.15) is 11.3 Å². The Morgan fingerprint density at radius 3 is 2.95 bits per heavy atom. The number of piperidine rings is 1. The summed E-state index contributed by atoms with van der Waals surface area (Å²) in [6, 6.07) is 7.21. The van der Waals surface area contributed by atoms with Crippen molar-refractivity contribution in [2.24, 2.45) is 5.92 Å². The van der Waals surface area contributed by atoms with Crippen molar-refractivity contribution in [3.8, 4) is 0 Å². The van der Waals surface area contributed by atoms with Crippen LogP contribution in [0.15, 0.2) is 24.3 Å². The molecule has 0 aliphatic carbocycles. The lowest BCUT2D eigenvalue weighted by Gasteiger charge is -2.38. The van der Waals surface area contributed by atoms with E-state index in [1.807, 2.05) is 19.1 Å². The highest BCUT2D eigenvalue weighted by molar-refractivity contribution is 5.92. The van der Waals surface area contributed by atoms with E-state index in [0.29, 0.717) is 11.4 Å². The van der Waals surface area contributed by atoms with Gasteiger partial charge in [-0.05, 0) is 31.4 Å². The van der Waals surface area contributed by atoms with Crippen LogP contribution in [0.2, 0.25) is 0 Å². The molecule has 0 amide bonds. The van der Waals surface area contributed by atoms with E-state index in [1.54, 1.807) is 13.2 Å². The van der Waals surface area contributed by atoms with Crippen molar-refractivity contribution < 1.29 is 9.13 Å². The Morgan fingerprint density at radius 1 is 1.38 bits per heavy atom. The highest BCUT2D eigenvalue weighted by atomic mass is 19.1. The van der Waals surface area contributed by atoms with Gasteiger partial charge in [0.2, 0.25) is 0 Å². The number of aromatic nitrogens is 1. The van der Waals surface area contributed by atoms with Crippen molar-refractivity contribution in [2.45, 2.75) is 26.4 Å². The summed E-state index contributed by atoms with van der Waals surface area (Å²) in [6.45, 7) is 5.94. The van der Waals surface area contributed by atoms with E-state index in [4.69, 9.17) is 4.74 Å². The summed E-state index contributed by atoms with van der Waals surface area (Å²) in [4.78, 5) is 6.65. The average molecular weight is 288 g/mol. The predicted molar refractivity (Wildman–Crippen MR) is 83.2 cm³/mol. The SMILES string of the molecule is COC1CN(c2cc(C)nc3c(F)cccc23)CCC1C. The third kappa shape index (κ3) is 2.60. The third-order valence-corrected chi connectivity index (χ3v) is 4.43. The highest BCUT2D eigenvalue weighted by Crippen LogP contribution is 2.31. The average Bonchev–Trinajstić information content (AvgIpc) is 2.48. The Hall–Kier alpha value is -1.68. The standard InChI is InChI=1S/C17H21FN2O/c1-11-7-8-20(10-16(11)21-3)15-9-12(2)19-17-13(15)5-4-6-14(17)18/h4-6,9,11,16H,7-8,10H2,1-3H3. The molecule has 2 atom stereocenters. The first kappa shape index (κ1) is 14.3. The third-order valence-electron chi connectivity index (χ3n) is 4.43. The van der Waals surface area contributed by atoms with Crippen molar-refractivity contribution in [3.05, 3.63) is 35.8 Å². The quantitative estimate of drug-likeness (QED) is 0.845. The number of aryl methyl sites for hydroxylation is 1. The van der Waals surface area contributed by atoms with Gasteiger partial charge in [-0.25, -0.2) is 9.37 Å². The number of ether oxygens (including phenoxy) is 1. The van der Waals surface area contributed by atoms with Crippen LogP contribution in [0.25, 0.3) is 10.9 Å². The monoisotopic (exact) mass is 288 g/mol. The molecule has 1 fully saturated rings. The maximum atomic E-state index is 14.0. The molecule has 2 unspecified atom stereocenters. The minimum Gasteiger partial charge on any atom is -0.379 e. The van der Waals surface area contributed by atoms with E-state index in [-0.39, 0.29) is 11.9 Å². The molecule has 2 heterocycles. The van der Waals surface area contributed by atoms with Gasteiger partial charge in [0.25, 0.3) is 0 Å². The molecule has 1 aliphatic heterocycles. The number of rotatable bonds is 2. The van der Waals surface area contributed by atoms with Crippen LogP contribution in [0.3, 0.4) is 0 Å². The number of anilines is 1. The van der Waals surface area contributed by atoms with Gasteiger partial charge in [-0.1, -0.05) is 19.1 Å². The fourth-order valence-electron chi connectivity index (χ4n) is 3.14. The summed E-state index contributed by atoms with van der Waals surface area (Å²) >= 11 is 0. The van der Waals surface area contributed by atoms with Crippen molar-refractivity contribution in [1.29, 1.82) is 0 Å². The summed E-state index contributed by atoms with van der Waals surface area (Å²) in [6.07, 6.45) is 1.30. The molecular weight excluding hydrogens is 267 g/mol. The van der Waals surface area contributed by atoms with E-state index in [1.165, 1.54) is 6.07 Å². The Morgan fingerprint density at radius 2 is 2.19 bits per heavy atom. The van der Waals surface area contributed by atoms with Crippen LogP contribution in [-0.2, 0) is 4.74 Å². The van der Waals surface area contributed by atoms with Gasteiger partial charge in [-0.15, -0.1) is 0 Å². The molecule has 3 rings (SSSR count). The van der Waals surface area contributed by atoms with Crippen molar-refractivity contribution in [2.75, 3.05) is 25.1 Å². The lowest BCUT2D eigenvalue weighted by atomic mass is 9.95. The zero-order valence-electron chi connectivity index (χ0n) is 12.8. The molecule has 3 nitrogen and oxygen atoms in total. The van der Waals surface area contributed by atoms with E-state index in [0.717, 1.165) is 36.3 Å². The number of para-hydroxylation sites is 1. The summed E-state index contributed by atoms with van der Waals surface area (Å²) in [5, 5.41) is 0.880. The number of hydrogen-bond donors (Lipinski definition) is 0. The second-order valence-corrected chi connectivity index (χ2v) is 5.90. The molecule has 0 N–H and O–H groups in total. The van der Waals surface area contributed by atoms with Crippen LogP contribution >= 0.6 is 0 Å². The molecule has 4 heteroatoms. The summed E-state index contributed by atoms with van der Waals surface area (Å²) in [7, 11) is 1.76. The van der Waals surface area contributed by atoms with Crippen molar-refractivity contribution in [3.63, 3.8) is 0 Å². The first-order valence-corrected chi connectivity index (χ1v) is 7.43. The van der Waals surface area contributed by atoms with E-state index in [9.17, 15) is 4.39 Å². The normalized spacial score (nSPS) is 22.8. The van der Waals surface area contributed by atoms with Gasteiger partial charge >= 0.3 is 0 Å². The van der Waals surface area contributed by atoms with Crippen LogP contribution in [-0.4, -0.2) is 31.3 Å². The van der Waals surface area contributed by atoms with Crippen LogP contribution in [0.1, 0.15) is 19.0 Å². The Kier molecular flexibility index (Phi) is 3.81. The zero-order chi connectivity index (χ0) is 15.0. The first-order chi connectivity index (χ1) is 10.1. The number of methoxy groups -OCH3 is 1. The molecule has 1 aromatic carbocycles. The van der Waals surface area contributed by atoms with Crippen molar-refractivity contribution >= 4 is 16.6 Å². The predicted octanol–water partition coefficient (Wildman–Crippen LogP) is 3.54. The lowest BCUT2D eigenvalue weighted by molar-refractivity contribution is 0.0499. The number of halogens is 1. The van der Waals surface area contributed by atoms with Crippen LogP contribution in [0.5, 0.6) is 0 Å². The van der Waals surface area contributed by atoms with Gasteiger partial charge < -0.3 is 9.64 Å². The smallest absolute Gasteiger partial charge is 0.149 e. The molecule has 0 spiro atoms. The summed E-state index contributed by atoms with van der Waals surface area (Å²) in [5.74, 6) is 0.295. The maximum absolute atomic E-state index is 14.0. The van der Waals surface area contributed by atoms with Crippen LogP contribution in [0, 0.1) is 18.7 Å². The van der Waals surface area contributed by atoms with E-state index in [2.05, 4.69) is 16.8 Å². The molecule has 2 aromatic rings. The molecule has 0 radical (unpaired) electrons. The molecule has 0 saturated carbocycles. The molecule has 1 aliphatic rings. The van der Waals surface area contributed by atoms with E-state index >= 15 is 0 Å². The second kappa shape index (κ2) is 5.60. The summed E-state index contributed by atoms with van der Waals surface area (Å²) < 4.78 is 19.6. The van der Waals surface area contributed by atoms with Crippen LogP contribution < -0.4 is 4.90 Å². The van der Waals surface area contributed by atoms with Gasteiger partial charge in [-0.3, -0.25) is 0 Å². The minimum absolute atomic E-state index is 0.218.